The van der Waals surface area contributed by atoms with Crippen molar-refractivity contribution in [1.29, 1.82) is 0 Å². The van der Waals surface area contributed by atoms with Gasteiger partial charge in [-0.25, -0.2) is 9.97 Å². The first kappa shape index (κ1) is 9.11. The van der Waals surface area contributed by atoms with Gasteiger partial charge in [0.25, 0.3) is 0 Å². The van der Waals surface area contributed by atoms with Crippen LogP contribution in [0.15, 0.2) is 18.6 Å². The Labute approximate surface area is 81.2 Å². The van der Waals surface area contributed by atoms with E-state index in [4.69, 9.17) is 10.8 Å². The number of aliphatic hydroxyl groups excluding tert-OH is 1. The Kier molecular flexibility index (Phi) is 2.18. The largest absolute Gasteiger partial charge is 0.394 e. The summed E-state index contributed by atoms with van der Waals surface area (Å²) in [6, 6.07) is -0.381. The van der Waals surface area contributed by atoms with Crippen LogP contribution in [-0.4, -0.2) is 26.1 Å². The summed E-state index contributed by atoms with van der Waals surface area (Å²) in [6.45, 7) is 1.86. The molecule has 1 unspecified atom stereocenters. The second kappa shape index (κ2) is 3.36. The van der Waals surface area contributed by atoms with E-state index in [1.807, 2.05) is 17.5 Å². The summed E-state index contributed by atoms with van der Waals surface area (Å²) in [5.41, 5.74) is 7.49. The van der Waals surface area contributed by atoms with Gasteiger partial charge in [-0.2, -0.15) is 0 Å². The van der Waals surface area contributed by atoms with E-state index in [9.17, 15) is 0 Å². The highest BCUT2D eigenvalue weighted by atomic mass is 16.3. The molecule has 0 saturated heterocycles. The average Bonchev–Trinajstić information content (AvgIpc) is 2.59. The van der Waals surface area contributed by atoms with Gasteiger partial charge in [0, 0.05) is 23.7 Å². The first-order chi connectivity index (χ1) is 6.72. The van der Waals surface area contributed by atoms with Crippen molar-refractivity contribution in [2.75, 3.05) is 6.61 Å². The molecule has 0 amide bonds. The van der Waals surface area contributed by atoms with Crippen LogP contribution in [0.25, 0.3) is 5.78 Å². The molecule has 0 aromatic carbocycles. The Balaban J connectivity index is 2.54. The van der Waals surface area contributed by atoms with Crippen LogP contribution in [-0.2, 0) is 0 Å². The van der Waals surface area contributed by atoms with Gasteiger partial charge in [-0.05, 0) is 6.92 Å². The van der Waals surface area contributed by atoms with Gasteiger partial charge in [-0.3, -0.25) is 4.40 Å². The number of hydrogen-bond donors (Lipinski definition) is 2. The lowest BCUT2D eigenvalue weighted by Crippen LogP contribution is -2.15. The highest BCUT2D eigenvalue weighted by Gasteiger charge is 2.07. The molecular formula is C9H12N4O. The number of aliphatic hydroxyl groups is 1. The topological polar surface area (TPSA) is 76.4 Å². The highest BCUT2D eigenvalue weighted by molar-refractivity contribution is 5.32. The molecule has 1 atom stereocenters. The second-order valence-corrected chi connectivity index (χ2v) is 3.25. The number of nitrogens with two attached hydrogens (primary N) is 1. The molecule has 3 N–H and O–H groups in total. The lowest BCUT2D eigenvalue weighted by Gasteiger charge is -2.08. The Morgan fingerprint density at radius 3 is 2.93 bits per heavy atom. The third kappa shape index (κ3) is 1.36. The predicted molar refractivity (Wildman–Crippen MR) is 51.7 cm³/mol. The molecule has 14 heavy (non-hydrogen) atoms. The zero-order valence-corrected chi connectivity index (χ0v) is 7.88. The molecule has 74 valence electrons. The summed E-state index contributed by atoms with van der Waals surface area (Å²) in [6.07, 6.45) is 5.24. The molecule has 0 aliphatic heterocycles. The van der Waals surface area contributed by atoms with Crippen molar-refractivity contribution in [2.24, 2.45) is 5.73 Å². The molecule has 5 heteroatoms. The summed E-state index contributed by atoms with van der Waals surface area (Å²) in [4.78, 5) is 8.22. The molecule has 2 heterocycles. The van der Waals surface area contributed by atoms with Crippen molar-refractivity contribution >= 4 is 5.78 Å². The van der Waals surface area contributed by atoms with Crippen molar-refractivity contribution in [1.82, 2.24) is 14.4 Å². The highest BCUT2D eigenvalue weighted by Crippen LogP contribution is 2.10. The first-order valence-electron chi connectivity index (χ1n) is 4.38. The fourth-order valence-electron chi connectivity index (χ4n) is 1.30. The van der Waals surface area contributed by atoms with Crippen LogP contribution in [0.1, 0.15) is 17.3 Å². The van der Waals surface area contributed by atoms with E-state index in [1.165, 1.54) is 0 Å². The smallest absolute Gasteiger partial charge is 0.233 e. The molecule has 0 aliphatic rings. The molecule has 5 nitrogen and oxygen atoms in total. The van der Waals surface area contributed by atoms with Gasteiger partial charge in [0.05, 0.1) is 18.8 Å². The lowest BCUT2D eigenvalue weighted by atomic mass is 10.2. The maximum atomic E-state index is 8.90. The molecule has 0 saturated carbocycles. The fourth-order valence-corrected chi connectivity index (χ4v) is 1.30. The Hall–Kier alpha value is -1.46. The number of aromatic nitrogens is 3. The minimum Gasteiger partial charge on any atom is -0.394 e. The van der Waals surface area contributed by atoms with Crippen LogP contribution in [0.5, 0.6) is 0 Å². The molecular weight excluding hydrogens is 180 g/mol. The van der Waals surface area contributed by atoms with E-state index < -0.39 is 0 Å². The molecule has 0 bridgehead atoms. The summed E-state index contributed by atoms with van der Waals surface area (Å²) < 4.78 is 1.85. The van der Waals surface area contributed by atoms with Crippen molar-refractivity contribution in [3.8, 4) is 0 Å². The minimum atomic E-state index is -0.381. The van der Waals surface area contributed by atoms with Crippen LogP contribution in [0, 0.1) is 6.92 Å². The molecule has 0 aliphatic carbocycles. The Morgan fingerprint density at radius 2 is 2.21 bits per heavy atom. The van der Waals surface area contributed by atoms with Crippen LogP contribution >= 0.6 is 0 Å². The summed E-state index contributed by atoms with van der Waals surface area (Å²) in [5.74, 6) is 0.649. The average molecular weight is 192 g/mol. The van der Waals surface area contributed by atoms with Crippen molar-refractivity contribution < 1.29 is 5.11 Å². The summed E-state index contributed by atoms with van der Waals surface area (Å²) in [5, 5.41) is 8.90. The van der Waals surface area contributed by atoms with Gasteiger partial charge in [0.15, 0.2) is 0 Å². The van der Waals surface area contributed by atoms with E-state index in [0.717, 1.165) is 11.3 Å². The number of nitrogens with zero attached hydrogens (tertiary/aromatic N) is 3. The number of imidazole rings is 1. The third-order valence-electron chi connectivity index (χ3n) is 2.19. The zero-order valence-electron chi connectivity index (χ0n) is 7.88. The van der Waals surface area contributed by atoms with Gasteiger partial charge >= 0.3 is 0 Å². The maximum absolute atomic E-state index is 8.90. The van der Waals surface area contributed by atoms with Crippen LogP contribution in [0.2, 0.25) is 0 Å². The van der Waals surface area contributed by atoms with E-state index in [-0.39, 0.29) is 12.6 Å². The summed E-state index contributed by atoms with van der Waals surface area (Å²) in [7, 11) is 0. The molecule has 0 spiro atoms. The molecule has 0 fully saturated rings. The Morgan fingerprint density at radius 1 is 1.50 bits per heavy atom. The molecule has 2 rings (SSSR count). The van der Waals surface area contributed by atoms with Crippen LogP contribution in [0.3, 0.4) is 0 Å². The van der Waals surface area contributed by atoms with Gasteiger partial charge in [0.1, 0.15) is 0 Å². The van der Waals surface area contributed by atoms with Crippen molar-refractivity contribution in [3.63, 3.8) is 0 Å². The molecule has 2 aromatic rings. The van der Waals surface area contributed by atoms with Gasteiger partial charge in [0.2, 0.25) is 5.78 Å². The first-order valence-corrected chi connectivity index (χ1v) is 4.38. The summed E-state index contributed by atoms with van der Waals surface area (Å²) >= 11 is 0. The standard InChI is InChI=1S/C9H12N4O/c1-6-2-11-9-12-3-7(4-13(6)9)8(10)5-14/h2-4,8,14H,5,10H2,1H3. The van der Waals surface area contributed by atoms with Gasteiger partial charge in [-0.1, -0.05) is 0 Å². The second-order valence-electron chi connectivity index (χ2n) is 3.25. The van der Waals surface area contributed by atoms with E-state index >= 15 is 0 Å². The lowest BCUT2D eigenvalue weighted by molar-refractivity contribution is 0.267. The predicted octanol–water partition coefficient (Wildman–Crippen LogP) is 0.0298. The number of rotatable bonds is 2. The number of fused-ring (bicyclic) bond motifs is 1. The maximum Gasteiger partial charge on any atom is 0.233 e. The Bertz CT molecular complexity index is 451. The SMILES string of the molecule is Cc1cnc2ncc(C(N)CO)cn12. The van der Waals surface area contributed by atoms with E-state index in [1.54, 1.807) is 12.4 Å². The third-order valence-corrected chi connectivity index (χ3v) is 2.19. The normalized spacial score (nSPS) is 13.4. The quantitative estimate of drug-likeness (QED) is 0.703. The molecule has 2 aromatic heterocycles. The van der Waals surface area contributed by atoms with Gasteiger partial charge in [-0.15, -0.1) is 0 Å². The van der Waals surface area contributed by atoms with Crippen LogP contribution in [0.4, 0.5) is 0 Å². The van der Waals surface area contributed by atoms with E-state index in [2.05, 4.69) is 9.97 Å². The number of aryl methyl sites for hydroxylation is 1. The van der Waals surface area contributed by atoms with Crippen LogP contribution < -0.4 is 5.73 Å². The number of hydrogen-bond acceptors (Lipinski definition) is 4. The van der Waals surface area contributed by atoms with E-state index in [0.29, 0.717) is 5.78 Å². The molecule has 0 radical (unpaired) electrons. The van der Waals surface area contributed by atoms with Crippen molar-refractivity contribution in [3.05, 3.63) is 29.8 Å². The minimum absolute atomic E-state index is 0.0824. The zero-order chi connectivity index (χ0) is 10.1. The monoisotopic (exact) mass is 192 g/mol. The fraction of sp³-hybridized carbons (Fsp3) is 0.333. The van der Waals surface area contributed by atoms with Gasteiger partial charge < -0.3 is 10.8 Å². The van der Waals surface area contributed by atoms with Crippen molar-refractivity contribution in [2.45, 2.75) is 13.0 Å².